The van der Waals surface area contributed by atoms with E-state index in [1.165, 1.54) is 37.0 Å². The van der Waals surface area contributed by atoms with Gasteiger partial charge in [0.15, 0.2) is 27.9 Å². The van der Waals surface area contributed by atoms with Crippen molar-refractivity contribution in [3.8, 4) is 22.6 Å². The van der Waals surface area contributed by atoms with Crippen LogP contribution in [0.1, 0.15) is 21.5 Å². The minimum Gasteiger partial charge on any atom is -0.857 e. The van der Waals surface area contributed by atoms with Crippen LogP contribution in [-0.2, 0) is 0 Å². The van der Waals surface area contributed by atoms with E-state index in [-0.39, 0.29) is 72.8 Å². The van der Waals surface area contributed by atoms with E-state index in [0.717, 1.165) is 42.1 Å². The van der Waals surface area contributed by atoms with E-state index in [1.807, 2.05) is 12.3 Å². The monoisotopic (exact) mass is 840 g/mol. The number of aromatic amines is 1. The van der Waals surface area contributed by atoms with Gasteiger partial charge < -0.3 is 30.4 Å². The number of carboxylic acids is 1. The molecule has 0 aliphatic carbocycles. The van der Waals surface area contributed by atoms with E-state index in [2.05, 4.69) is 4.98 Å². The zero-order valence-electron chi connectivity index (χ0n) is 28.2. The maximum absolute atomic E-state index is 13.7. The molecule has 5 rings (SSSR count). The molecular weight excluding hydrogens is 815 g/mol. The van der Waals surface area contributed by atoms with E-state index in [4.69, 9.17) is 89.3 Å². The van der Waals surface area contributed by atoms with Gasteiger partial charge in [0.2, 0.25) is 0 Å². The van der Waals surface area contributed by atoms with Gasteiger partial charge in [0.25, 0.3) is 5.56 Å². The molecule has 0 saturated heterocycles. The molecule has 10 nitrogen and oxygen atoms in total. The molecule has 4 aromatic carbocycles. The van der Waals surface area contributed by atoms with Gasteiger partial charge in [0, 0.05) is 26.7 Å². The number of hydrogen-bond donors (Lipinski definition) is 3. The average Bonchev–Trinajstić information content (AvgIpc) is 3.07. The van der Waals surface area contributed by atoms with Crippen LogP contribution in [0.15, 0.2) is 58.2 Å². The summed E-state index contributed by atoms with van der Waals surface area (Å²) in [5, 5.41) is 28.6. The fraction of sp³-hybridized carbons (Fsp3) is 0.152. The van der Waals surface area contributed by atoms with Gasteiger partial charge in [-0.3, -0.25) is 9.36 Å². The van der Waals surface area contributed by atoms with Crippen molar-refractivity contribution in [2.45, 2.75) is 18.7 Å². The number of benzene rings is 4. The number of nitrogens with two attached hydrogens (primary N) is 1. The third-order valence-electron chi connectivity index (χ3n) is 6.56. The predicted molar refractivity (Wildman–Crippen MR) is 199 cm³/mol. The van der Waals surface area contributed by atoms with Gasteiger partial charge in [0.1, 0.15) is 5.40 Å². The fourth-order valence-corrected chi connectivity index (χ4v) is 5.63. The molecule has 0 amide bonds. The van der Waals surface area contributed by atoms with Crippen molar-refractivity contribution < 1.29 is 62.8 Å². The number of nitriles is 1. The number of thiocyanates is 1. The number of rotatable bonds is 5. The minimum atomic E-state index is -1.06. The number of halogens is 6. The van der Waals surface area contributed by atoms with Crippen LogP contribution in [0.5, 0.6) is 11.5 Å². The number of aryl methyl sites for hydroxylation is 2. The number of methoxy groups -OCH3 is 2. The molecule has 0 aliphatic heterocycles. The molecule has 52 heavy (non-hydrogen) atoms. The third kappa shape index (κ3) is 11.7. The van der Waals surface area contributed by atoms with Gasteiger partial charge >= 0.3 is 35.5 Å². The Balaban J connectivity index is 0.000000411. The number of H-pyrrole nitrogens is 1. The fourth-order valence-electron chi connectivity index (χ4n) is 4.09. The minimum absolute atomic E-state index is 0. The molecular formula is C33H27Cl4F2N4NaO6S2. The second kappa shape index (κ2) is 21.6. The quantitative estimate of drug-likeness (QED) is 0.0650. The molecule has 0 saturated carbocycles. The number of fused-ring (bicyclic) bond motifs is 1. The number of ether oxygens (including phenoxy) is 2. The third-order valence-corrected chi connectivity index (χ3v) is 9.04. The summed E-state index contributed by atoms with van der Waals surface area (Å²) in [4.78, 5) is 26.9. The molecule has 0 atom stereocenters. The summed E-state index contributed by atoms with van der Waals surface area (Å²) in [6, 6.07) is 11.1. The Bertz CT molecular complexity index is 2260. The summed E-state index contributed by atoms with van der Waals surface area (Å²) >= 11 is 29.7. The summed E-state index contributed by atoms with van der Waals surface area (Å²) < 4.78 is 37.7. The first-order valence-corrected chi connectivity index (χ1v) is 16.5. The van der Waals surface area contributed by atoms with Gasteiger partial charge in [-0.05, 0) is 91.4 Å². The number of aromatic nitrogens is 2. The number of nitrogens with one attached hydrogen (secondary N) is 1. The van der Waals surface area contributed by atoms with Crippen molar-refractivity contribution in [1.29, 1.82) is 5.26 Å². The standard InChI is InChI=1S/C16H11Cl2FN2O2S.C8H5ClFNOS.C8H8ClNO2.CH3O.Na/c1-7-3-12-8(4-9(7)17)15(22)21(16(24)20-12)13-6-14(23-2)11(19)5-10(13)18;1-12-7-3-8(13-4-11)5(9)2-6(7)10;1-4-2-7(10)5(8(11)12)3-6(4)9;1-2;/h3-6H,1-2H3,(H,20,24);2-3H,1H3;2-3H,10H2,1H3,(H,11,12);1H3;/q;;;-1;+1. The van der Waals surface area contributed by atoms with E-state index >= 15 is 0 Å². The Morgan fingerprint density at radius 3 is 1.98 bits per heavy atom. The van der Waals surface area contributed by atoms with Gasteiger partial charge in [-0.25, -0.2) is 13.6 Å². The summed E-state index contributed by atoms with van der Waals surface area (Å²) in [7, 11) is 3.43. The summed E-state index contributed by atoms with van der Waals surface area (Å²) in [6.07, 6.45) is 0. The SMILES string of the molecule is COc1cc(-n2c(=S)[nH]c3cc(C)c(Cl)cc3c2=O)c(Cl)cc1F.COc1cc(SC#N)c(Cl)cc1F.C[O-].Cc1cc(N)c(C(=O)O)cc1Cl.[Na+]. The number of nitrogen functional groups attached to an aromatic ring is 1. The normalized spacial score (nSPS) is 9.83. The second-order valence-corrected chi connectivity index (χ2v) is 12.6. The van der Waals surface area contributed by atoms with Gasteiger partial charge in [-0.15, -0.1) is 0 Å². The molecule has 0 bridgehead atoms. The van der Waals surface area contributed by atoms with Gasteiger partial charge in [-0.2, -0.15) is 12.4 Å². The number of nitrogens with zero attached hydrogens (tertiary/aromatic N) is 2. The van der Waals surface area contributed by atoms with Crippen LogP contribution in [0.4, 0.5) is 14.5 Å². The molecule has 4 N–H and O–H groups in total. The number of hydrogen-bond acceptors (Lipinski definition) is 9. The number of thioether (sulfide) groups is 1. The average molecular weight is 843 g/mol. The van der Waals surface area contributed by atoms with Crippen LogP contribution in [0.2, 0.25) is 20.1 Å². The van der Waals surface area contributed by atoms with Crippen LogP contribution >= 0.6 is 70.4 Å². The van der Waals surface area contributed by atoms with E-state index in [0.29, 0.717) is 25.8 Å². The number of carbonyl (C=O) groups is 1. The maximum Gasteiger partial charge on any atom is 1.00 e. The Morgan fingerprint density at radius 2 is 1.44 bits per heavy atom. The first kappa shape index (κ1) is 47.0. The van der Waals surface area contributed by atoms with Gasteiger partial charge in [-0.1, -0.05) is 46.4 Å². The summed E-state index contributed by atoms with van der Waals surface area (Å²) in [5.41, 5.74) is 7.70. The van der Waals surface area contributed by atoms with Crippen molar-refractivity contribution >= 4 is 92.9 Å². The summed E-state index contributed by atoms with van der Waals surface area (Å²) in [6.45, 7) is 3.59. The van der Waals surface area contributed by atoms with E-state index < -0.39 is 23.2 Å². The maximum atomic E-state index is 13.7. The Hall–Kier alpha value is -3.07. The predicted octanol–water partition coefficient (Wildman–Crippen LogP) is 5.78. The largest absolute Gasteiger partial charge is 1.00 e. The van der Waals surface area contributed by atoms with Crippen molar-refractivity contribution in [1.82, 2.24) is 9.55 Å². The van der Waals surface area contributed by atoms with Crippen molar-refractivity contribution in [3.05, 3.63) is 112 Å². The summed E-state index contributed by atoms with van der Waals surface area (Å²) in [5.74, 6) is -2.18. The molecule has 0 unspecified atom stereocenters. The molecule has 0 fully saturated rings. The smallest absolute Gasteiger partial charge is 0.857 e. The first-order valence-electron chi connectivity index (χ1n) is 13.8. The zero-order valence-corrected chi connectivity index (χ0v) is 34.8. The molecule has 1 heterocycles. The van der Waals surface area contributed by atoms with Crippen LogP contribution in [0.25, 0.3) is 16.6 Å². The second-order valence-electron chi connectivity index (χ2n) is 9.76. The molecule has 1 aromatic heterocycles. The molecule has 19 heteroatoms. The molecule has 0 spiro atoms. The van der Waals surface area contributed by atoms with Crippen molar-refractivity contribution in [2.24, 2.45) is 0 Å². The number of anilines is 1. The zero-order chi connectivity index (χ0) is 38.7. The van der Waals surface area contributed by atoms with Crippen molar-refractivity contribution in [2.75, 3.05) is 27.1 Å². The number of aromatic carboxylic acids is 1. The first-order chi connectivity index (χ1) is 24.0. The molecule has 0 radical (unpaired) electrons. The van der Waals surface area contributed by atoms with Crippen molar-refractivity contribution in [3.63, 3.8) is 0 Å². The van der Waals surface area contributed by atoms with Crippen LogP contribution in [0, 0.1) is 40.9 Å². The van der Waals surface area contributed by atoms with Gasteiger partial charge in [0.05, 0.1) is 46.4 Å². The van der Waals surface area contributed by atoms with Crippen LogP contribution in [0.3, 0.4) is 0 Å². The topological polar surface area (TPSA) is 166 Å². The molecule has 270 valence electrons. The number of carboxylic acid groups (broad SMARTS) is 1. The van der Waals surface area contributed by atoms with E-state index in [1.54, 1.807) is 25.1 Å². The Labute approximate surface area is 348 Å². The van der Waals surface area contributed by atoms with Crippen LogP contribution in [-0.4, -0.2) is 42.0 Å². The Kier molecular flexibility index (Phi) is 19.5. The van der Waals surface area contributed by atoms with Crippen LogP contribution < -0.4 is 55.4 Å². The molecule has 5 aromatic rings. The Morgan fingerprint density at radius 1 is 0.923 bits per heavy atom. The van der Waals surface area contributed by atoms with E-state index in [9.17, 15) is 18.4 Å². The molecule has 0 aliphatic rings.